The minimum Gasteiger partial charge on any atom is -0.369 e. The Morgan fingerprint density at radius 1 is 1.05 bits per heavy atom. The van der Waals surface area contributed by atoms with Crippen LogP contribution in [-0.4, -0.2) is 57.3 Å². The van der Waals surface area contributed by atoms with Gasteiger partial charge in [-0.2, -0.15) is 17.0 Å². The summed E-state index contributed by atoms with van der Waals surface area (Å²) in [6.07, 6.45) is 0. The average molecular weight is 297 g/mol. The molecule has 6 heteroatoms. The molecule has 2 rings (SSSR count). The summed E-state index contributed by atoms with van der Waals surface area (Å²) < 4.78 is 27.0. The maximum atomic E-state index is 12.1. The van der Waals surface area contributed by atoms with Gasteiger partial charge in [0.05, 0.1) is 0 Å². The summed E-state index contributed by atoms with van der Waals surface area (Å²) >= 11 is 0. The highest BCUT2D eigenvalue weighted by molar-refractivity contribution is 7.86. The SMILES string of the molecule is Cc1cccc(N2CCN(S(=O)(=O)N(C)C)CC2)c1C. The second-order valence-electron chi connectivity index (χ2n) is 5.40. The van der Waals surface area contributed by atoms with Gasteiger partial charge < -0.3 is 4.90 Å². The second kappa shape index (κ2) is 5.71. The largest absolute Gasteiger partial charge is 0.369 e. The molecule has 0 unspecified atom stereocenters. The summed E-state index contributed by atoms with van der Waals surface area (Å²) in [7, 11) is -0.132. The zero-order chi connectivity index (χ0) is 14.9. The van der Waals surface area contributed by atoms with E-state index in [1.165, 1.54) is 21.1 Å². The first kappa shape index (κ1) is 15.3. The lowest BCUT2D eigenvalue weighted by molar-refractivity contribution is 0.355. The summed E-state index contributed by atoms with van der Waals surface area (Å²) in [6.45, 7) is 6.76. The highest BCUT2D eigenvalue weighted by Gasteiger charge is 2.28. The highest BCUT2D eigenvalue weighted by Crippen LogP contribution is 2.24. The fourth-order valence-corrected chi connectivity index (χ4v) is 3.56. The molecule has 1 aliphatic rings. The van der Waals surface area contributed by atoms with Gasteiger partial charge >= 0.3 is 0 Å². The lowest BCUT2D eigenvalue weighted by Crippen LogP contribution is -2.51. The van der Waals surface area contributed by atoms with Crippen LogP contribution < -0.4 is 4.90 Å². The Labute approximate surface area is 122 Å². The van der Waals surface area contributed by atoms with E-state index in [2.05, 4.69) is 36.9 Å². The van der Waals surface area contributed by atoms with Crippen LogP contribution in [0.5, 0.6) is 0 Å². The zero-order valence-electron chi connectivity index (χ0n) is 12.6. The van der Waals surface area contributed by atoms with Gasteiger partial charge in [0.2, 0.25) is 0 Å². The van der Waals surface area contributed by atoms with Crippen molar-refractivity contribution in [3.63, 3.8) is 0 Å². The molecule has 1 aromatic carbocycles. The average Bonchev–Trinajstić information content (AvgIpc) is 2.42. The lowest BCUT2D eigenvalue weighted by atomic mass is 10.1. The molecule has 112 valence electrons. The first-order valence-electron chi connectivity index (χ1n) is 6.83. The Balaban J connectivity index is 2.11. The third-order valence-electron chi connectivity index (χ3n) is 3.94. The van der Waals surface area contributed by atoms with E-state index in [0.717, 1.165) is 13.1 Å². The number of anilines is 1. The van der Waals surface area contributed by atoms with E-state index < -0.39 is 10.2 Å². The molecule has 20 heavy (non-hydrogen) atoms. The number of aryl methyl sites for hydroxylation is 1. The zero-order valence-corrected chi connectivity index (χ0v) is 13.4. The van der Waals surface area contributed by atoms with Crippen molar-refractivity contribution in [2.45, 2.75) is 13.8 Å². The molecule has 1 fully saturated rings. The minimum absolute atomic E-state index is 0.536. The van der Waals surface area contributed by atoms with Crippen molar-refractivity contribution in [3.8, 4) is 0 Å². The Hall–Kier alpha value is -1.11. The Kier molecular flexibility index (Phi) is 4.36. The Morgan fingerprint density at radius 3 is 2.20 bits per heavy atom. The van der Waals surface area contributed by atoms with Crippen molar-refractivity contribution in [2.75, 3.05) is 45.2 Å². The highest BCUT2D eigenvalue weighted by atomic mass is 32.2. The monoisotopic (exact) mass is 297 g/mol. The smallest absolute Gasteiger partial charge is 0.281 e. The summed E-state index contributed by atoms with van der Waals surface area (Å²) in [4.78, 5) is 2.27. The summed E-state index contributed by atoms with van der Waals surface area (Å²) in [5, 5.41) is 0. The van der Waals surface area contributed by atoms with Crippen LogP contribution in [0.3, 0.4) is 0 Å². The number of rotatable bonds is 3. The van der Waals surface area contributed by atoms with E-state index in [9.17, 15) is 8.42 Å². The molecule has 1 heterocycles. The maximum absolute atomic E-state index is 12.1. The minimum atomic E-state index is -3.28. The van der Waals surface area contributed by atoms with Crippen molar-refractivity contribution in [2.24, 2.45) is 0 Å². The van der Waals surface area contributed by atoms with Crippen LogP contribution in [0.2, 0.25) is 0 Å². The van der Waals surface area contributed by atoms with Crippen molar-refractivity contribution in [1.82, 2.24) is 8.61 Å². The molecule has 0 bridgehead atoms. The van der Waals surface area contributed by atoms with Crippen LogP contribution in [0.4, 0.5) is 5.69 Å². The topological polar surface area (TPSA) is 43.9 Å². The maximum Gasteiger partial charge on any atom is 0.281 e. The van der Waals surface area contributed by atoms with Crippen molar-refractivity contribution in [3.05, 3.63) is 29.3 Å². The molecule has 1 aromatic rings. The fraction of sp³-hybridized carbons (Fsp3) is 0.571. The number of nitrogens with zero attached hydrogens (tertiary/aromatic N) is 3. The Bertz CT molecular complexity index is 576. The normalized spacial score (nSPS) is 17.8. The van der Waals surface area contributed by atoms with Gasteiger partial charge in [-0.15, -0.1) is 0 Å². The van der Waals surface area contributed by atoms with Gasteiger partial charge in [-0.1, -0.05) is 12.1 Å². The molecular formula is C14H23N3O2S. The molecule has 0 saturated carbocycles. The van der Waals surface area contributed by atoms with Crippen LogP contribution in [0.25, 0.3) is 0 Å². The fourth-order valence-electron chi connectivity index (χ4n) is 2.47. The molecular weight excluding hydrogens is 274 g/mol. The predicted octanol–water partition coefficient (Wildman–Crippen LogP) is 1.23. The number of piperazine rings is 1. The predicted molar refractivity (Wildman–Crippen MR) is 82.3 cm³/mol. The Morgan fingerprint density at radius 2 is 1.65 bits per heavy atom. The van der Waals surface area contributed by atoms with Crippen LogP contribution in [0.15, 0.2) is 18.2 Å². The van der Waals surface area contributed by atoms with E-state index in [-0.39, 0.29) is 0 Å². The van der Waals surface area contributed by atoms with Gasteiger partial charge in [0, 0.05) is 46.0 Å². The molecule has 0 N–H and O–H groups in total. The third kappa shape index (κ3) is 2.82. The van der Waals surface area contributed by atoms with Gasteiger partial charge in [0.1, 0.15) is 0 Å². The third-order valence-corrected chi connectivity index (χ3v) is 5.88. The van der Waals surface area contributed by atoms with Crippen LogP contribution >= 0.6 is 0 Å². The van der Waals surface area contributed by atoms with E-state index >= 15 is 0 Å². The van der Waals surface area contributed by atoms with Gasteiger partial charge in [-0.05, 0) is 31.0 Å². The van der Waals surface area contributed by atoms with E-state index in [1.54, 1.807) is 18.4 Å². The first-order chi connectivity index (χ1) is 9.34. The summed E-state index contributed by atoms with van der Waals surface area (Å²) in [5.41, 5.74) is 3.76. The van der Waals surface area contributed by atoms with Crippen LogP contribution in [0, 0.1) is 13.8 Å². The van der Waals surface area contributed by atoms with Gasteiger partial charge in [0.15, 0.2) is 0 Å². The van der Waals surface area contributed by atoms with Crippen LogP contribution in [-0.2, 0) is 10.2 Å². The van der Waals surface area contributed by atoms with E-state index in [1.807, 2.05) is 0 Å². The van der Waals surface area contributed by atoms with Crippen molar-refractivity contribution >= 4 is 15.9 Å². The molecule has 0 aromatic heterocycles. The second-order valence-corrected chi connectivity index (χ2v) is 7.54. The van der Waals surface area contributed by atoms with E-state index in [0.29, 0.717) is 13.1 Å². The lowest BCUT2D eigenvalue weighted by Gasteiger charge is -2.37. The number of benzene rings is 1. The summed E-state index contributed by atoms with van der Waals surface area (Å²) in [6, 6.07) is 6.27. The first-order valence-corrected chi connectivity index (χ1v) is 8.22. The van der Waals surface area contributed by atoms with Crippen molar-refractivity contribution in [1.29, 1.82) is 0 Å². The van der Waals surface area contributed by atoms with Gasteiger partial charge in [-0.3, -0.25) is 0 Å². The summed E-state index contributed by atoms with van der Waals surface area (Å²) in [5.74, 6) is 0. The van der Waals surface area contributed by atoms with E-state index in [4.69, 9.17) is 0 Å². The molecule has 0 radical (unpaired) electrons. The molecule has 0 spiro atoms. The van der Waals surface area contributed by atoms with Gasteiger partial charge in [0.25, 0.3) is 10.2 Å². The molecule has 5 nitrogen and oxygen atoms in total. The van der Waals surface area contributed by atoms with Crippen LogP contribution in [0.1, 0.15) is 11.1 Å². The standard InChI is InChI=1S/C14H23N3O2S/c1-12-6-5-7-14(13(12)2)16-8-10-17(11-9-16)20(18,19)15(3)4/h5-7H,8-11H2,1-4H3. The quantitative estimate of drug-likeness (QED) is 0.843. The molecule has 0 atom stereocenters. The molecule has 0 amide bonds. The molecule has 1 aliphatic heterocycles. The van der Waals surface area contributed by atoms with Crippen molar-refractivity contribution < 1.29 is 8.42 Å². The number of hydrogen-bond donors (Lipinski definition) is 0. The molecule has 0 aliphatic carbocycles. The molecule has 1 saturated heterocycles. The number of hydrogen-bond acceptors (Lipinski definition) is 3. The van der Waals surface area contributed by atoms with Gasteiger partial charge in [-0.25, -0.2) is 0 Å².